The maximum absolute atomic E-state index is 13.0. The number of carbonyl (C=O) groups is 1. The van der Waals surface area contributed by atoms with Crippen LogP contribution >= 0.6 is 0 Å². The molecule has 2 nitrogen and oxygen atoms in total. The summed E-state index contributed by atoms with van der Waals surface area (Å²) >= 11 is 0. The Kier molecular flexibility index (Phi) is 3.23. The highest BCUT2D eigenvalue weighted by Gasteiger charge is 2.12. The Labute approximate surface area is 82.7 Å². The van der Waals surface area contributed by atoms with Crippen molar-refractivity contribution in [2.24, 2.45) is 5.92 Å². The molecule has 0 aliphatic heterocycles. The number of methoxy groups -OCH3 is 1. The molecule has 14 heavy (non-hydrogen) atoms. The molecule has 3 heteroatoms. The first-order chi connectivity index (χ1) is 6.56. The Morgan fingerprint density at radius 3 is 2.57 bits per heavy atom. The second-order valence-electron chi connectivity index (χ2n) is 3.37. The number of carbonyl (C=O) groups excluding carboxylic acids is 1. The second kappa shape index (κ2) is 4.22. The molecule has 1 aromatic rings. The molecule has 1 rings (SSSR count). The number of rotatable bonds is 3. The number of ether oxygens (including phenoxy) is 1. The zero-order chi connectivity index (χ0) is 10.7. The van der Waals surface area contributed by atoms with Gasteiger partial charge < -0.3 is 4.74 Å². The molecule has 0 aliphatic rings. The Morgan fingerprint density at radius 2 is 2.07 bits per heavy atom. The predicted octanol–water partition coefficient (Wildman–Crippen LogP) is 2.67. The highest BCUT2D eigenvalue weighted by molar-refractivity contribution is 5.97. The van der Waals surface area contributed by atoms with Crippen molar-refractivity contribution < 1.29 is 13.9 Å². The van der Waals surface area contributed by atoms with Gasteiger partial charge in [0, 0.05) is 11.5 Å². The standard InChI is InChI=1S/C11H13FO2/c1-7(2)11(13)8-4-5-9(12)10(6-8)14-3/h4-7H,1-3H3. The van der Waals surface area contributed by atoms with Crippen LogP contribution in [0.3, 0.4) is 0 Å². The fourth-order valence-corrected chi connectivity index (χ4v) is 1.15. The van der Waals surface area contributed by atoms with Crippen LogP contribution in [0.1, 0.15) is 24.2 Å². The van der Waals surface area contributed by atoms with E-state index in [1.165, 1.54) is 25.3 Å². The first-order valence-corrected chi connectivity index (χ1v) is 4.44. The van der Waals surface area contributed by atoms with E-state index < -0.39 is 5.82 Å². The molecule has 0 atom stereocenters. The summed E-state index contributed by atoms with van der Waals surface area (Å²) in [4.78, 5) is 11.5. The van der Waals surface area contributed by atoms with E-state index in [1.807, 2.05) is 0 Å². The van der Waals surface area contributed by atoms with Crippen molar-refractivity contribution >= 4 is 5.78 Å². The van der Waals surface area contributed by atoms with Crippen LogP contribution in [0.5, 0.6) is 5.75 Å². The third kappa shape index (κ3) is 2.10. The minimum atomic E-state index is -0.451. The Hall–Kier alpha value is -1.38. The van der Waals surface area contributed by atoms with Crippen LogP contribution in [0.2, 0.25) is 0 Å². The van der Waals surface area contributed by atoms with Crippen LogP contribution in [0.15, 0.2) is 18.2 Å². The topological polar surface area (TPSA) is 26.3 Å². The van der Waals surface area contributed by atoms with Gasteiger partial charge >= 0.3 is 0 Å². The molecular formula is C11H13FO2. The summed E-state index contributed by atoms with van der Waals surface area (Å²) in [7, 11) is 1.38. The van der Waals surface area contributed by atoms with E-state index in [-0.39, 0.29) is 17.5 Å². The van der Waals surface area contributed by atoms with Crippen molar-refractivity contribution in [1.82, 2.24) is 0 Å². The van der Waals surface area contributed by atoms with E-state index in [1.54, 1.807) is 13.8 Å². The third-order valence-corrected chi connectivity index (χ3v) is 1.96. The molecular weight excluding hydrogens is 183 g/mol. The highest BCUT2D eigenvalue weighted by atomic mass is 19.1. The molecule has 0 amide bonds. The smallest absolute Gasteiger partial charge is 0.165 e. The van der Waals surface area contributed by atoms with E-state index in [0.29, 0.717) is 5.56 Å². The summed E-state index contributed by atoms with van der Waals surface area (Å²) in [6.07, 6.45) is 0. The van der Waals surface area contributed by atoms with E-state index in [9.17, 15) is 9.18 Å². The minimum Gasteiger partial charge on any atom is -0.494 e. The van der Waals surface area contributed by atoms with E-state index in [0.717, 1.165) is 0 Å². The van der Waals surface area contributed by atoms with E-state index in [4.69, 9.17) is 4.74 Å². The molecule has 0 fully saturated rings. The van der Waals surface area contributed by atoms with Gasteiger partial charge in [0.15, 0.2) is 17.3 Å². The van der Waals surface area contributed by atoms with Gasteiger partial charge in [0.25, 0.3) is 0 Å². The summed E-state index contributed by atoms with van der Waals surface area (Å²) in [5, 5.41) is 0. The summed E-state index contributed by atoms with van der Waals surface area (Å²) in [5.74, 6) is -0.447. The lowest BCUT2D eigenvalue weighted by atomic mass is 10.0. The summed E-state index contributed by atoms with van der Waals surface area (Å²) in [5.41, 5.74) is 0.484. The van der Waals surface area contributed by atoms with Gasteiger partial charge in [-0.3, -0.25) is 4.79 Å². The van der Waals surface area contributed by atoms with E-state index in [2.05, 4.69) is 0 Å². The van der Waals surface area contributed by atoms with Crippen molar-refractivity contribution in [3.05, 3.63) is 29.6 Å². The van der Waals surface area contributed by atoms with E-state index >= 15 is 0 Å². The number of halogens is 1. The van der Waals surface area contributed by atoms with Crippen molar-refractivity contribution in [2.45, 2.75) is 13.8 Å². The Bertz CT molecular complexity index is 345. The fraction of sp³-hybridized carbons (Fsp3) is 0.364. The molecule has 76 valence electrons. The third-order valence-electron chi connectivity index (χ3n) is 1.96. The molecule has 0 bridgehead atoms. The number of ketones is 1. The lowest BCUT2D eigenvalue weighted by Crippen LogP contribution is -2.07. The molecule has 0 unspecified atom stereocenters. The minimum absolute atomic E-state index is 0.0108. The van der Waals surface area contributed by atoms with Crippen molar-refractivity contribution in [3.8, 4) is 5.75 Å². The first-order valence-electron chi connectivity index (χ1n) is 4.44. The number of hydrogen-bond donors (Lipinski definition) is 0. The van der Waals surface area contributed by atoms with Crippen LogP contribution in [0.4, 0.5) is 4.39 Å². The monoisotopic (exact) mass is 196 g/mol. The molecule has 0 heterocycles. The lowest BCUT2D eigenvalue weighted by molar-refractivity contribution is 0.0939. The zero-order valence-electron chi connectivity index (χ0n) is 8.50. The molecule has 0 aromatic heterocycles. The molecule has 0 spiro atoms. The van der Waals surface area contributed by atoms with Crippen LogP contribution in [0, 0.1) is 11.7 Å². The van der Waals surface area contributed by atoms with Crippen LogP contribution < -0.4 is 4.74 Å². The molecule has 0 N–H and O–H groups in total. The molecule has 1 aromatic carbocycles. The van der Waals surface area contributed by atoms with Crippen molar-refractivity contribution in [3.63, 3.8) is 0 Å². The first kappa shape index (κ1) is 10.7. The van der Waals surface area contributed by atoms with Gasteiger partial charge in [-0.15, -0.1) is 0 Å². The van der Waals surface area contributed by atoms with Gasteiger partial charge in [0.2, 0.25) is 0 Å². The average Bonchev–Trinajstić information content (AvgIpc) is 2.17. The highest BCUT2D eigenvalue weighted by Crippen LogP contribution is 2.20. The molecule has 0 radical (unpaired) electrons. The van der Waals surface area contributed by atoms with Gasteiger partial charge in [0.1, 0.15) is 0 Å². The van der Waals surface area contributed by atoms with Crippen LogP contribution in [-0.2, 0) is 0 Å². The van der Waals surface area contributed by atoms with Gasteiger partial charge in [-0.2, -0.15) is 0 Å². The Morgan fingerprint density at radius 1 is 1.43 bits per heavy atom. The second-order valence-corrected chi connectivity index (χ2v) is 3.37. The van der Waals surface area contributed by atoms with Gasteiger partial charge in [-0.05, 0) is 18.2 Å². The molecule has 0 aliphatic carbocycles. The summed E-state index contributed by atoms with van der Waals surface area (Å²) < 4.78 is 17.8. The quantitative estimate of drug-likeness (QED) is 0.695. The SMILES string of the molecule is COc1cc(C(=O)C(C)C)ccc1F. The number of benzene rings is 1. The van der Waals surface area contributed by atoms with Crippen molar-refractivity contribution in [1.29, 1.82) is 0 Å². The number of hydrogen-bond acceptors (Lipinski definition) is 2. The normalized spacial score (nSPS) is 10.4. The molecule has 0 saturated heterocycles. The maximum Gasteiger partial charge on any atom is 0.165 e. The number of Topliss-reactive ketones (excluding diaryl/α,β-unsaturated/α-hetero) is 1. The van der Waals surface area contributed by atoms with Gasteiger partial charge in [-0.25, -0.2) is 4.39 Å². The molecule has 0 saturated carbocycles. The van der Waals surface area contributed by atoms with Crippen LogP contribution in [0.25, 0.3) is 0 Å². The predicted molar refractivity (Wildman–Crippen MR) is 52.1 cm³/mol. The van der Waals surface area contributed by atoms with Crippen LogP contribution in [-0.4, -0.2) is 12.9 Å². The Balaban J connectivity index is 3.06. The lowest BCUT2D eigenvalue weighted by Gasteiger charge is -2.06. The fourth-order valence-electron chi connectivity index (χ4n) is 1.15. The van der Waals surface area contributed by atoms with Gasteiger partial charge in [0.05, 0.1) is 7.11 Å². The van der Waals surface area contributed by atoms with Gasteiger partial charge in [-0.1, -0.05) is 13.8 Å². The summed E-state index contributed by atoms with van der Waals surface area (Å²) in [6.45, 7) is 3.61. The largest absolute Gasteiger partial charge is 0.494 e. The maximum atomic E-state index is 13.0. The van der Waals surface area contributed by atoms with Crippen molar-refractivity contribution in [2.75, 3.05) is 7.11 Å². The zero-order valence-corrected chi connectivity index (χ0v) is 8.50. The summed E-state index contributed by atoms with van der Waals surface area (Å²) in [6, 6.07) is 4.15. The average molecular weight is 196 g/mol.